The second-order valence-electron chi connectivity index (χ2n) is 5.76. The standard InChI is InChI=1S/C18H22N4O2/c1-2-11-24-16-7-3-5-14(12-16)20-18(23)17-8-10-22(21-17)15-6-4-9-19-13-15/h2-3,5,7-8,10,12,15,19H,1,4,6,9,11,13H2,(H,20,23). The summed E-state index contributed by atoms with van der Waals surface area (Å²) in [7, 11) is 0. The second kappa shape index (κ2) is 7.79. The molecule has 0 spiro atoms. The van der Waals surface area contributed by atoms with E-state index < -0.39 is 0 Å². The summed E-state index contributed by atoms with van der Waals surface area (Å²) in [6.45, 7) is 5.99. The average Bonchev–Trinajstić information content (AvgIpc) is 3.11. The van der Waals surface area contributed by atoms with Crippen LogP contribution in [0.2, 0.25) is 0 Å². The minimum atomic E-state index is -0.224. The summed E-state index contributed by atoms with van der Waals surface area (Å²) in [5, 5.41) is 10.6. The molecule has 1 aromatic carbocycles. The van der Waals surface area contributed by atoms with E-state index in [9.17, 15) is 4.79 Å². The van der Waals surface area contributed by atoms with Crippen LogP contribution in [-0.4, -0.2) is 35.4 Å². The van der Waals surface area contributed by atoms with Gasteiger partial charge in [-0.15, -0.1) is 0 Å². The number of benzene rings is 1. The van der Waals surface area contributed by atoms with Gasteiger partial charge in [0.15, 0.2) is 5.69 Å². The summed E-state index contributed by atoms with van der Waals surface area (Å²) >= 11 is 0. The topological polar surface area (TPSA) is 68.2 Å². The molecule has 126 valence electrons. The van der Waals surface area contributed by atoms with E-state index in [0.717, 1.165) is 25.9 Å². The van der Waals surface area contributed by atoms with Gasteiger partial charge in [0.05, 0.1) is 6.04 Å². The molecule has 1 amide bonds. The molecule has 0 radical (unpaired) electrons. The van der Waals surface area contributed by atoms with Crippen LogP contribution in [0.4, 0.5) is 5.69 Å². The van der Waals surface area contributed by atoms with Crippen LogP contribution in [0.1, 0.15) is 29.4 Å². The van der Waals surface area contributed by atoms with E-state index in [1.807, 2.05) is 29.1 Å². The van der Waals surface area contributed by atoms with Crippen molar-refractivity contribution in [3.63, 3.8) is 0 Å². The Kier molecular flexibility index (Phi) is 5.28. The Morgan fingerprint density at radius 1 is 1.50 bits per heavy atom. The molecule has 2 aromatic rings. The van der Waals surface area contributed by atoms with Gasteiger partial charge in [-0.1, -0.05) is 18.7 Å². The summed E-state index contributed by atoms with van der Waals surface area (Å²) in [5.41, 5.74) is 1.09. The highest BCUT2D eigenvalue weighted by Crippen LogP contribution is 2.19. The number of nitrogens with zero attached hydrogens (tertiary/aromatic N) is 2. The first-order chi connectivity index (χ1) is 11.8. The van der Waals surface area contributed by atoms with Gasteiger partial charge in [-0.2, -0.15) is 5.10 Å². The highest BCUT2D eigenvalue weighted by atomic mass is 16.5. The molecule has 24 heavy (non-hydrogen) atoms. The average molecular weight is 326 g/mol. The van der Waals surface area contributed by atoms with E-state index in [1.54, 1.807) is 18.2 Å². The van der Waals surface area contributed by atoms with Gasteiger partial charge >= 0.3 is 0 Å². The molecule has 0 aliphatic carbocycles. The lowest BCUT2D eigenvalue weighted by molar-refractivity contribution is 0.102. The van der Waals surface area contributed by atoms with E-state index in [2.05, 4.69) is 22.3 Å². The van der Waals surface area contributed by atoms with Gasteiger partial charge in [-0.25, -0.2) is 0 Å². The number of aromatic nitrogens is 2. The van der Waals surface area contributed by atoms with E-state index in [-0.39, 0.29) is 5.91 Å². The van der Waals surface area contributed by atoms with E-state index in [1.165, 1.54) is 0 Å². The van der Waals surface area contributed by atoms with Gasteiger partial charge in [0.25, 0.3) is 5.91 Å². The predicted octanol–water partition coefficient (Wildman–Crippen LogP) is 2.62. The Balaban J connectivity index is 1.64. The molecule has 3 rings (SSSR count). The largest absolute Gasteiger partial charge is 0.489 e. The molecule has 1 unspecified atom stereocenters. The number of rotatable bonds is 6. The zero-order chi connectivity index (χ0) is 16.8. The first kappa shape index (κ1) is 16.3. The molecule has 2 N–H and O–H groups in total. The van der Waals surface area contributed by atoms with Crippen LogP contribution in [0.15, 0.2) is 49.2 Å². The lowest BCUT2D eigenvalue weighted by Crippen LogP contribution is -2.32. The van der Waals surface area contributed by atoms with Gasteiger partial charge in [0, 0.05) is 24.5 Å². The van der Waals surface area contributed by atoms with E-state index in [4.69, 9.17) is 4.74 Å². The second-order valence-corrected chi connectivity index (χ2v) is 5.76. The number of ether oxygens (including phenoxy) is 1. The normalized spacial score (nSPS) is 17.2. The Hall–Kier alpha value is -2.60. The molecule has 6 heteroatoms. The van der Waals surface area contributed by atoms with Crippen molar-refractivity contribution < 1.29 is 9.53 Å². The molecular formula is C18H22N4O2. The molecule has 1 aliphatic rings. The first-order valence-electron chi connectivity index (χ1n) is 8.17. The van der Waals surface area contributed by atoms with Crippen molar-refractivity contribution in [2.75, 3.05) is 25.0 Å². The van der Waals surface area contributed by atoms with Gasteiger partial charge < -0.3 is 15.4 Å². The smallest absolute Gasteiger partial charge is 0.276 e. The first-order valence-corrected chi connectivity index (χ1v) is 8.17. The predicted molar refractivity (Wildman–Crippen MR) is 93.5 cm³/mol. The molecule has 1 saturated heterocycles. The van der Waals surface area contributed by atoms with Crippen molar-refractivity contribution in [1.82, 2.24) is 15.1 Å². The number of hydrogen-bond acceptors (Lipinski definition) is 4. The van der Waals surface area contributed by atoms with Gasteiger partial charge in [0.2, 0.25) is 0 Å². The Labute approximate surface area is 141 Å². The van der Waals surface area contributed by atoms with Crippen LogP contribution < -0.4 is 15.4 Å². The molecule has 6 nitrogen and oxygen atoms in total. The molecule has 1 aromatic heterocycles. The number of amides is 1. The van der Waals surface area contributed by atoms with Crippen LogP contribution in [0.3, 0.4) is 0 Å². The van der Waals surface area contributed by atoms with Gasteiger partial charge in [-0.3, -0.25) is 9.48 Å². The van der Waals surface area contributed by atoms with Crippen molar-refractivity contribution >= 4 is 11.6 Å². The summed E-state index contributed by atoms with van der Waals surface area (Å²) in [6, 6.07) is 9.34. The molecule has 1 atom stereocenters. The maximum atomic E-state index is 12.4. The van der Waals surface area contributed by atoms with Crippen molar-refractivity contribution in [1.29, 1.82) is 0 Å². The number of nitrogens with one attached hydrogen (secondary N) is 2. The van der Waals surface area contributed by atoms with Crippen LogP contribution in [0, 0.1) is 0 Å². The zero-order valence-electron chi connectivity index (χ0n) is 13.6. The van der Waals surface area contributed by atoms with Crippen LogP contribution in [-0.2, 0) is 0 Å². The number of carbonyl (C=O) groups is 1. The fourth-order valence-electron chi connectivity index (χ4n) is 2.74. The molecular weight excluding hydrogens is 304 g/mol. The Morgan fingerprint density at radius 3 is 3.21 bits per heavy atom. The lowest BCUT2D eigenvalue weighted by atomic mass is 10.1. The highest BCUT2D eigenvalue weighted by Gasteiger charge is 2.17. The van der Waals surface area contributed by atoms with E-state index in [0.29, 0.717) is 29.8 Å². The third-order valence-electron chi connectivity index (χ3n) is 3.95. The van der Waals surface area contributed by atoms with Crippen molar-refractivity contribution in [2.24, 2.45) is 0 Å². The number of anilines is 1. The lowest BCUT2D eigenvalue weighted by Gasteiger charge is -2.22. The quantitative estimate of drug-likeness (QED) is 0.801. The Morgan fingerprint density at radius 2 is 2.42 bits per heavy atom. The van der Waals surface area contributed by atoms with E-state index >= 15 is 0 Å². The summed E-state index contributed by atoms with van der Waals surface area (Å²) < 4.78 is 7.35. The minimum absolute atomic E-state index is 0.224. The van der Waals surface area contributed by atoms with Crippen LogP contribution in [0.5, 0.6) is 5.75 Å². The van der Waals surface area contributed by atoms with Crippen molar-refractivity contribution in [2.45, 2.75) is 18.9 Å². The molecule has 1 aliphatic heterocycles. The summed E-state index contributed by atoms with van der Waals surface area (Å²) in [4.78, 5) is 12.4. The number of piperidine rings is 1. The van der Waals surface area contributed by atoms with Gasteiger partial charge in [0.1, 0.15) is 12.4 Å². The Bertz CT molecular complexity index is 705. The molecule has 0 bridgehead atoms. The van der Waals surface area contributed by atoms with Gasteiger partial charge in [-0.05, 0) is 37.6 Å². The third kappa shape index (κ3) is 4.02. The van der Waals surface area contributed by atoms with Crippen molar-refractivity contribution in [3.05, 3.63) is 54.9 Å². The SMILES string of the molecule is C=CCOc1cccc(NC(=O)c2ccn(C3CCCNC3)n2)c1. The van der Waals surface area contributed by atoms with Crippen LogP contribution in [0.25, 0.3) is 0 Å². The fraction of sp³-hybridized carbons (Fsp3) is 0.333. The summed E-state index contributed by atoms with van der Waals surface area (Å²) in [5.74, 6) is 0.463. The third-order valence-corrected chi connectivity index (χ3v) is 3.95. The molecule has 1 fully saturated rings. The maximum Gasteiger partial charge on any atom is 0.276 e. The number of carbonyl (C=O) groups excluding carboxylic acids is 1. The molecule has 2 heterocycles. The van der Waals surface area contributed by atoms with Crippen molar-refractivity contribution in [3.8, 4) is 5.75 Å². The van der Waals surface area contributed by atoms with Crippen LogP contribution >= 0.6 is 0 Å². The molecule has 0 saturated carbocycles. The summed E-state index contributed by atoms with van der Waals surface area (Å²) in [6.07, 6.45) is 5.76. The fourth-order valence-corrected chi connectivity index (χ4v) is 2.74. The highest BCUT2D eigenvalue weighted by molar-refractivity contribution is 6.02. The zero-order valence-corrected chi connectivity index (χ0v) is 13.6. The minimum Gasteiger partial charge on any atom is -0.489 e. The maximum absolute atomic E-state index is 12.4. The number of hydrogen-bond donors (Lipinski definition) is 2. The monoisotopic (exact) mass is 326 g/mol.